The summed E-state index contributed by atoms with van der Waals surface area (Å²) in [5.41, 5.74) is 1.33. The number of nitrogens with zero attached hydrogens (tertiary/aromatic N) is 1. The summed E-state index contributed by atoms with van der Waals surface area (Å²) in [7, 11) is 0. The number of nitriles is 1. The molecule has 1 aromatic heterocycles. The summed E-state index contributed by atoms with van der Waals surface area (Å²) in [6, 6.07) is 8.98. The van der Waals surface area contributed by atoms with Crippen molar-refractivity contribution < 1.29 is 4.79 Å². The number of rotatable bonds is 3. The van der Waals surface area contributed by atoms with Gasteiger partial charge in [0.1, 0.15) is 5.69 Å². The molecule has 5 heteroatoms. The minimum Gasteiger partial charge on any atom is -0.351 e. The van der Waals surface area contributed by atoms with E-state index < -0.39 is 0 Å². The zero-order valence-corrected chi connectivity index (χ0v) is 10.6. The van der Waals surface area contributed by atoms with Crippen LogP contribution in [0.25, 0.3) is 10.9 Å². The summed E-state index contributed by atoms with van der Waals surface area (Å²) >= 11 is 5.88. The average Bonchev–Trinajstić information content (AvgIpc) is 2.72. The number of H-pyrrole nitrogens is 1. The lowest BCUT2D eigenvalue weighted by Gasteiger charge is -2.08. The van der Waals surface area contributed by atoms with Crippen LogP contribution in [-0.4, -0.2) is 16.9 Å². The molecule has 0 bridgehead atoms. The first-order chi connectivity index (χ1) is 8.60. The van der Waals surface area contributed by atoms with Gasteiger partial charge in [-0.3, -0.25) is 4.79 Å². The molecule has 0 aliphatic rings. The van der Waals surface area contributed by atoms with Crippen LogP contribution in [0, 0.1) is 11.3 Å². The van der Waals surface area contributed by atoms with Crippen LogP contribution in [0.2, 0.25) is 5.02 Å². The van der Waals surface area contributed by atoms with Crippen molar-refractivity contribution in [3.8, 4) is 6.07 Å². The SMILES string of the molecule is C[C@@H](CC#N)NC(=O)c1cc2cc(Cl)ccc2[nH]1. The summed E-state index contributed by atoms with van der Waals surface area (Å²) < 4.78 is 0. The largest absolute Gasteiger partial charge is 0.351 e. The lowest BCUT2D eigenvalue weighted by atomic mass is 10.2. The van der Waals surface area contributed by atoms with E-state index in [0.717, 1.165) is 10.9 Å². The zero-order valence-electron chi connectivity index (χ0n) is 9.83. The molecule has 4 nitrogen and oxygen atoms in total. The molecular formula is C13H12ClN3O. The van der Waals surface area contributed by atoms with Gasteiger partial charge in [-0.25, -0.2) is 0 Å². The van der Waals surface area contributed by atoms with Crippen LogP contribution < -0.4 is 5.32 Å². The second-order valence-corrected chi connectivity index (χ2v) is 4.59. The highest BCUT2D eigenvalue weighted by Crippen LogP contribution is 2.20. The zero-order chi connectivity index (χ0) is 13.1. The van der Waals surface area contributed by atoms with Crippen LogP contribution in [0.4, 0.5) is 0 Å². The fourth-order valence-electron chi connectivity index (χ4n) is 1.72. The molecule has 2 N–H and O–H groups in total. The van der Waals surface area contributed by atoms with Crippen LogP contribution in [0.3, 0.4) is 0 Å². The van der Waals surface area contributed by atoms with E-state index in [-0.39, 0.29) is 18.4 Å². The first-order valence-electron chi connectivity index (χ1n) is 5.56. The first kappa shape index (κ1) is 12.5. The molecule has 2 rings (SSSR count). The van der Waals surface area contributed by atoms with E-state index in [4.69, 9.17) is 16.9 Å². The van der Waals surface area contributed by atoms with E-state index in [2.05, 4.69) is 10.3 Å². The van der Waals surface area contributed by atoms with Crippen molar-refractivity contribution in [1.29, 1.82) is 5.26 Å². The highest BCUT2D eigenvalue weighted by molar-refractivity contribution is 6.31. The van der Waals surface area contributed by atoms with Gasteiger partial charge in [-0.2, -0.15) is 5.26 Å². The van der Waals surface area contributed by atoms with Crippen LogP contribution >= 0.6 is 11.6 Å². The number of carbonyl (C=O) groups excluding carboxylic acids is 1. The fourth-order valence-corrected chi connectivity index (χ4v) is 1.90. The fraction of sp³-hybridized carbons (Fsp3) is 0.231. The average molecular weight is 262 g/mol. The Bertz CT molecular complexity index is 627. The summed E-state index contributed by atoms with van der Waals surface area (Å²) in [6.07, 6.45) is 0.289. The van der Waals surface area contributed by atoms with E-state index in [1.165, 1.54) is 0 Å². The van der Waals surface area contributed by atoms with Gasteiger partial charge in [0.25, 0.3) is 5.91 Å². The monoisotopic (exact) mass is 261 g/mol. The minimum atomic E-state index is -0.218. The number of aromatic amines is 1. The van der Waals surface area contributed by atoms with E-state index in [1.54, 1.807) is 25.1 Å². The summed E-state index contributed by atoms with van der Waals surface area (Å²) in [5.74, 6) is -0.218. The Hall–Kier alpha value is -1.99. The number of aromatic nitrogens is 1. The lowest BCUT2D eigenvalue weighted by Crippen LogP contribution is -2.32. The summed E-state index contributed by atoms with van der Waals surface area (Å²) in [6.45, 7) is 1.79. The molecule has 1 amide bonds. The number of halogens is 1. The van der Waals surface area contributed by atoms with Crippen molar-refractivity contribution in [1.82, 2.24) is 10.3 Å². The van der Waals surface area contributed by atoms with Crippen molar-refractivity contribution in [2.75, 3.05) is 0 Å². The molecule has 2 aromatic rings. The van der Waals surface area contributed by atoms with E-state index in [0.29, 0.717) is 10.7 Å². The maximum absolute atomic E-state index is 11.9. The van der Waals surface area contributed by atoms with Gasteiger partial charge >= 0.3 is 0 Å². The predicted molar refractivity (Wildman–Crippen MR) is 70.5 cm³/mol. The van der Waals surface area contributed by atoms with Crippen molar-refractivity contribution in [2.45, 2.75) is 19.4 Å². The smallest absolute Gasteiger partial charge is 0.267 e. The number of amides is 1. The molecule has 1 heterocycles. The van der Waals surface area contributed by atoms with Gasteiger partial charge < -0.3 is 10.3 Å². The molecule has 0 aliphatic carbocycles. The van der Waals surface area contributed by atoms with Crippen LogP contribution in [-0.2, 0) is 0 Å². The molecular weight excluding hydrogens is 250 g/mol. The van der Waals surface area contributed by atoms with E-state index >= 15 is 0 Å². The van der Waals surface area contributed by atoms with Crippen LogP contribution in [0.5, 0.6) is 0 Å². The third-order valence-electron chi connectivity index (χ3n) is 2.60. The maximum Gasteiger partial charge on any atom is 0.267 e. The second-order valence-electron chi connectivity index (χ2n) is 4.15. The highest BCUT2D eigenvalue weighted by atomic mass is 35.5. The molecule has 18 heavy (non-hydrogen) atoms. The minimum absolute atomic E-state index is 0.169. The number of nitrogens with one attached hydrogen (secondary N) is 2. The Morgan fingerprint density at radius 2 is 2.33 bits per heavy atom. The van der Waals surface area contributed by atoms with E-state index in [1.807, 2.05) is 12.1 Å². The van der Waals surface area contributed by atoms with Crippen molar-refractivity contribution in [3.05, 3.63) is 35.0 Å². The number of benzene rings is 1. The van der Waals surface area contributed by atoms with Crippen molar-refractivity contribution in [2.24, 2.45) is 0 Å². The number of hydrogen-bond acceptors (Lipinski definition) is 2. The first-order valence-corrected chi connectivity index (χ1v) is 5.94. The Morgan fingerprint density at radius 1 is 1.56 bits per heavy atom. The number of hydrogen-bond donors (Lipinski definition) is 2. The molecule has 1 atom stereocenters. The van der Waals surface area contributed by atoms with Gasteiger partial charge in [-0.1, -0.05) is 11.6 Å². The Labute approximate surface area is 110 Å². The molecule has 0 spiro atoms. The topological polar surface area (TPSA) is 68.7 Å². The maximum atomic E-state index is 11.9. The number of fused-ring (bicyclic) bond motifs is 1. The highest BCUT2D eigenvalue weighted by Gasteiger charge is 2.12. The van der Waals surface area contributed by atoms with E-state index in [9.17, 15) is 4.79 Å². The van der Waals surface area contributed by atoms with Gasteiger partial charge in [0.05, 0.1) is 12.5 Å². The lowest BCUT2D eigenvalue weighted by molar-refractivity contribution is 0.0936. The molecule has 0 aliphatic heterocycles. The van der Waals surface area contributed by atoms with Crippen molar-refractivity contribution in [3.63, 3.8) is 0 Å². The number of carbonyl (C=O) groups is 1. The van der Waals surface area contributed by atoms with Gasteiger partial charge in [-0.05, 0) is 31.2 Å². The van der Waals surface area contributed by atoms with Gasteiger partial charge in [0, 0.05) is 22.0 Å². The molecule has 0 unspecified atom stereocenters. The third kappa shape index (κ3) is 2.63. The summed E-state index contributed by atoms with van der Waals surface area (Å²) in [4.78, 5) is 14.9. The molecule has 92 valence electrons. The molecule has 0 saturated carbocycles. The Kier molecular flexibility index (Phi) is 3.54. The van der Waals surface area contributed by atoms with Crippen molar-refractivity contribution >= 4 is 28.4 Å². The second kappa shape index (κ2) is 5.11. The molecule has 0 saturated heterocycles. The Morgan fingerprint density at radius 3 is 3.06 bits per heavy atom. The molecule has 0 radical (unpaired) electrons. The molecule has 0 fully saturated rings. The Balaban J connectivity index is 2.21. The van der Waals surface area contributed by atoms with Gasteiger partial charge in [0.15, 0.2) is 0 Å². The normalized spacial score (nSPS) is 12.1. The predicted octanol–water partition coefficient (Wildman–Crippen LogP) is 2.85. The van der Waals surface area contributed by atoms with Crippen LogP contribution in [0.15, 0.2) is 24.3 Å². The standard InChI is InChI=1S/C13H12ClN3O/c1-8(4-5-15)16-13(18)12-7-9-6-10(14)2-3-11(9)17-12/h2-3,6-8,17H,4H2,1H3,(H,16,18)/t8-/m0/s1. The van der Waals surface area contributed by atoms with Gasteiger partial charge in [0.2, 0.25) is 0 Å². The van der Waals surface area contributed by atoms with Crippen LogP contribution in [0.1, 0.15) is 23.8 Å². The molecule has 1 aromatic carbocycles. The quantitative estimate of drug-likeness (QED) is 0.892. The summed E-state index contributed by atoms with van der Waals surface area (Å²) in [5, 5.41) is 12.8. The third-order valence-corrected chi connectivity index (χ3v) is 2.84. The van der Waals surface area contributed by atoms with Gasteiger partial charge in [-0.15, -0.1) is 0 Å².